The third kappa shape index (κ3) is 5.89. The number of halogens is 4. The molecule has 8 fully saturated rings. The summed E-state index contributed by atoms with van der Waals surface area (Å²) in [7, 11) is 0. The topological polar surface area (TPSA) is 105 Å². The van der Waals surface area contributed by atoms with E-state index in [9.17, 15) is 18.7 Å². The molecule has 4 unspecified atom stereocenters. The van der Waals surface area contributed by atoms with Crippen LogP contribution >= 0.6 is 56.7 Å². The minimum absolute atomic E-state index is 0.128. The number of hydrogen-bond donors (Lipinski definition) is 0. The molecular formula is C28H40Cl4O8P2. The molecule has 0 N–H and O–H groups in total. The molecule has 14 heteroatoms. The Hall–Kier alpha value is 0.480. The quantitative estimate of drug-likeness (QED) is 0.107. The molecule has 0 aromatic carbocycles. The van der Waals surface area contributed by atoms with Gasteiger partial charge in [-0.1, -0.05) is 0 Å². The van der Waals surface area contributed by atoms with Gasteiger partial charge in [0, 0.05) is 0 Å². The fourth-order valence-corrected chi connectivity index (χ4v) is 15.8. The van der Waals surface area contributed by atoms with Crippen molar-refractivity contribution in [3.63, 3.8) is 0 Å². The summed E-state index contributed by atoms with van der Waals surface area (Å²) >= 11 is 24.9. The highest BCUT2D eigenvalue weighted by Gasteiger charge is 2.67. The third-order valence-electron chi connectivity index (χ3n) is 11.3. The average Bonchev–Trinajstić information content (AvgIpc) is 2.86. The van der Waals surface area contributed by atoms with E-state index in [1.165, 1.54) is 0 Å². The van der Waals surface area contributed by atoms with Crippen molar-refractivity contribution in [3.8, 4) is 0 Å². The lowest BCUT2D eigenvalue weighted by atomic mass is 9.49. The molecule has 0 spiro atoms. The summed E-state index contributed by atoms with van der Waals surface area (Å²) in [6, 6.07) is 0. The van der Waals surface area contributed by atoms with Crippen LogP contribution in [0.15, 0.2) is 0 Å². The molecule has 0 saturated heterocycles. The van der Waals surface area contributed by atoms with E-state index in [1.54, 1.807) is 0 Å². The zero-order valence-corrected chi connectivity index (χ0v) is 28.5. The molecule has 0 radical (unpaired) electrons. The van der Waals surface area contributed by atoms with Crippen molar-refractivity contribution in [1.82, 2.24) is 0 Å². The number of hydrogen-bond acceptors (Lipinski definition) is 8. The van der Waals surface area contributed by atoms with Gasteiger partial charge in [-0.3, -0.25) is 18.7 Å². The van der Waals surface area contributed by atoms with Crippen molar-refractivity contribution in [2.75, 3.05) is 39.6 Å². The second-order valence-corrected chi connectivity index (χ2v) is 24.8. The van der Waals surface area contributed by atoms with E-state index in [1.807, 2.05) is 0 Å². The fourth-order valence-electron chi connectivity index (χ4n) is 10.5. The first-order valence-corrected chi connectivity index (χ1v) is 22.2. The summed E-state index contributed by atoms with van der Waals surface area (Å²) in [4.78, 5) is 26.3. The second kappa shape index (κ2) is 11.6. The number of ether oxygens (including phenoxy) is 4. The van der Waals surface area contributed by atoms with Crippen molar-refractivity contribution in [1.29, 1.82) is 0 Å². The first-order valence-electron chi connectivity index (χ1n) is 15.2. The minimum atomic E-state index is -3.38. The van der Waals surface area contributed by atoms with Crippen LogP contribution in [0.3, 0.4) is 0 Å². The first-order chi connectivity index (χ1) is 19.7. The van der Waals surface area contributed by atoms with Gasteiger partial charge in [-0.25, -0.2) is 0 Å². The lowest BCUT2D eigenvalue weighted by Gasteiger charge is -2.60. The standard InChI is InChI=1S/C28H40Cl4O8P2/c29-41(30,35)27-13-19-7-20(14-27)10-25(9-19,17-27)23(33)39-5-3-37-1-2-38-4-6-40-24(34)26-11-21-8-22(12-26)16-28(15-21,18-26)42(31,32)36/h19-22H,1-18H2/t19-,20+,21-,22+,25?,26?,27?,28?. The molecule has 8 atom stereocenters. The van der Waals surface area contributed by atoms with Gasteiger partial charge in [-0.15, -0.1) is 0 Å². The highest BCUT2D eigenvalue weighted by atomic mass is 35.9. The zero-order valence-electron chi connectivity index (χ0n) is 23.7. The predicted octanol–water partition coefficient (Wildman–Crippen LogP) is 8.13. The maximum Gasteiger partial charge on any atom is 0.312 e. The summed E-state index contributed by atoms with van der Waals surface area (Å²) in [6.45, 7) is 1.34. The molecule has 8 nitrogen and oxygen atoms in total. The van der Waals surface area contributed by atoms with Gasteiger partial charge in [0.25, 0.3) is 11.7 Å². The average molecular weight is 708 g/mol. The van der Waals surface area contributed by atoms with Crippen LogP contribution in [0.2, 0.25) is 0 Å². The molecular weight excluding hydrogens is 668 g/mol. The molecule has 0 heterocycles. The lowest BCUT2D eigenvalue weighted by Crippen LogP contribution is -2.57. The van der Waals surface area contributed by atoms with Crippen LogP contribution < -0.4 is 0 Å². The second-order valence-electron chi connectivity index (χ2n) is 14.4. The van der Waals surface area contributed by atoms with Crippen LogP contribution in [-0.4, -0.2) is 61.9 Å². The van der Waals surface area contributed by atoms with Crippen LogP contribution in [0.5, 0.6) is 0 Å². The predicted molar refractivity (Wildman–Crippen MR) is 162 cm³/mol. The molecule has 0 aromatic rings. The van der Waals surface area contributed by atoms with Crippen molar-refractivity contribution >= 4 is 68.6 Å². The smallest absolute Gasteiger partial charge is 0.312 e. The normalized spacial score (nSPS) is 41.7. The summed E-state index contributed by atoms with van der Waals surface area (Å²) in [5, 5.41) is -1.31. The van der Waals surface area contributed by atoms with Crippen molar-refractivity contribution in [3.05, 3.63) is 0 Å². The van der Waals surface area contributed by atoms with Gasteiger partial charge in [0.2, 0.25) is 0 Å². The molecule has 42 heavy (non-hydrogen) atoms. The van der Waals surface area contributed by atoms with E-state index >= 15 is 0 Å². The van der Waals surface area contributed by atoms with E-state index in [0.29, 0.717) is 49.7 Å². The number of carbonyl (C=O) groups is 2. The maximum absolute atomic E-state index is 13.1. The molecule has 0 amide bonds. The SMILES string of the molecule is O=C(OCCOCCOCCOC(=O)C12C[C@H]3C[C@@H](C1)CC(P(=O)(Cl)Cl)(C3)C2)C12C[C@H]3C[C@@H](C1)CC(P(=O)(Cl)Cl)(C3)C2. The Balaban J connectivity index is 0.865. The highest BCUT2D eigenvalue weighted by Crippen LogP contribution is 2.81. The summed E-state index contributed by atoms with van der Waals surface area (Å²) in [6.07, 6.45) is 8.91. The van der Waals surface area contributed by atoms with Gasteiger partial charge < -0.3 is 18.9 Å². The van der Waals surface area contributed by atoms with Crippen LogP contribution in [-0.2, 0) is 37.7 Å². The Morgan fingerprint density at radius 3 is 1.17 bits per heavy atom. The molecule has 8 saturated carbocycles. The van der Waals surface area contributed by atoms with Crippen LogP contribution in [0, 0.1) is 34.5 Å². The van der Waals surface area contributed by atoms with Gasteiger partial charge in [0.05, 0.1) is 47.6 Å². The zero-order chi connectivity index (χ0) is 30.0. The number of esters is 2. The van der Waals surface area contributed by atoms with Gasteiger partial charge in [-0.2, -0.15) is 0 Å². The van der Waals surface area contributed by atoms with Gasteiger partial charge in [0.1, 0.15) is 13.2 Å². The summed E-state index contributed by atoms with van der Waals surface area (Å²) in [5.74, 6) is -6.00. The summed E-state index contributed by atoms with van der Waals surface area (Å²) < 4.78 is 47.9. The maximum atomic E-state index is 13.1. The molecule has 238 valence electrons. The van der Waals surface area contributed by atoms with E-state index in [-0.39, 0.29) is 38.4 Å². The van der Waals surface area contributed by atoms with E-state index in [4.69, 9.17) is 63.9 Å². The van der Waals surface area contributed by atoms with E-state index in [2.05, 4.69) is 0 Å². The van der Waals surface area contributed by atoms with Crippen LogP contribution in [0.4, 0.5) is 0 Å². The molecule has 0 aromatic heterocycles. The largest absolute Gasteiger partial charge is 0.463 e. The van der Waals surface area contributed by atoms with Gasteiger partial charge in [0.15, 0.2) is 0 Å². The van der Waals surface area contributed by atoms with Gasteiger partial charge >= 0.3 is 11.9 Å². The van der Waals surface area contributed by atoms with E-state index < -0.39 is 32.8 Å². The van der Waals surface area contributed by atoms with Gasteiger partial charge in [-0.05, 0) is 146 Å². The first kappa shape index (κ1) is 32.4. The fraction of sp³-hybridized carbons (Fsp3) is 0.929. The minimum Gasteiger partial charge on any atom is -0.463 e. The van der Waals surface area contributed by atoms with Crippen molar-refractivity contribution in [2.24, 2.45) is 34.5 Å². The Labute approximate surface area is 266 Å². The summed E-state index contributed by atoms with van der Waals surface area (Å²) in [5.41, 5.74) is -1.29. The number of carbonyl (C=O) groups excluding carboxylic acids is 2. The molecule has 0 aliphatic heterocycles. The lowest BCUT2D eigenvalue weighted by molar-refractivity contribution is -0.172. The van der Waals surface area contributed by atoms with Crippen LogP contribution in [0.25, 0.3) is 0 Å². The van der Waals surface area contributed by atoms with E-state index in [0.717, 1.165) is 64.2 Å². The highest BCUT2D eigenvalue weighted by molar-refractivity contribution is 8.09. The Kier molecular flexibility index (Phi) is 8.97. The molecule has 8 bridgehead atoms. The molecule has 8 aliphatic carbocycles. The Bertz CT molecular complexity index is 1070. The Morgan fingerprint density at radius 2 is 0.857 bits per heavy atom. The van der Waals surface area contributed by atoms with Crippen molar-refractivity contribution < 1.29 is 37.7 Å². The molecule has 8 aliphatic rings. The Morgan fingerprint density at radius 1 is 0.548 bits per heavy atom. The third-order valence-corrected chi connectivity index (χ3v) is 18.9. The van der Waals surface area contributed by atoms with Crippen LogP contribution in [0.1, 0.15) is 77.0 Å². The monoisotopic (exact) mass is 706 g/mol. The number of rotatable bonds is 13. The molecule has 8 rings (SSSR count). The van der Waals surface area contributed by atoms with Crippen molar-refractivity contribution in [2.45, 2.75) is 87.4 Å².